The minimum Gasteiger partial charge on any atom is -0.390 e. The number of aliphatic hydroxyl groups is 2. The van der Waals surface area contributed by atoms with Crippen molar-refractivity contribution >= 4 is 11.6 Å². The van der Waals surface area contributed by atoms with Crippen LogP contribution >= 0.6 is 0 Å². The summed E-state index contributed by atoms with van der Waals surface area (Å²) in [6.45, 7) is 0. The first-order valence-electron chi connectivity index (χ1n) is 10.9. The monoisotopic (exact) mass is 518 g/mol. The number of ether oxygens (including phenoxy) is 2. The van der Waals surface area contributed by atoms with E-state index >= 15 is 0 Å². The molecule has 2 aliphatic heterocycles. The highest BCUT2D eigenvalue weighted by Gasteiger charge is 2.80. The number of aromatic nitrogens is 4. The van der Waals surface area contributed by atoms with E-state index in [0.717, 1.165) is 9.13 Å². The van der Waals surface area contributed by atoms with Crippen molar-refractivity contribution in [2.45, 2.75) is 73.4 Å². The molecule has 2 aromatic rings. The van der Waals surface area contributed by atoms with Crippen LogP contribution in [0.2, 0.25) is 0 Å². The van der Waals surface area contributed by atoms with Gasteiger partial charge in [-0.15, -0.1) is 0 Å². The van der Waals surface area contributed by atoms with Gasteiger partial charge in [-0.25, -0.2) is 27.2 Å². The molecular weight excluding hydrogens is 496 g/mol. The maximum Gasteiger partial charge on any atom is 0.351 e. The van der Waals surface area contributed by atoms with Crippen LogP contribution in [0.4, 0.5) is 29.2 Å². The first kappa shape index (κ1) is 24.6. The quantitative estimate of drug-likeness (QED) is 0.388. The van der Waals surface area contributed by atoms with Gasteiger partial charge in [-0.2, -0.15) is 9.97 Å². The molecule has 12 nitrogen and oxygen atoms in total. The van der Waals surface area contributed by atoms with Gasteiger partial charge < -0.3 is 31.2 Å². The summed E-state index contributed by atoms with van der Waals surface area (Å²) in [5, 5.41) is 19.3. The molecule has 2 saturated heterocycles. The van der Waals surface area contributed by atoms with Crippen LogP contribution in [0.1, 0.15) is 38.1 Å². The smallest absolute Gasteiger partial charge is 0.351 e. The maximum atomic E-state index is 13.2. The van der Waals surface area contributed by atoms with E-state index in [2.05, 4.69) is 9.97 Å². The number of nitrogen functional groups attached to an aromatic ring is 2. The average molecular weight is 518 g/mol. The average Bonchev–Trinajstić information content (AvgIpc) is 3.36. The molecule has 6 atom stereocenters. The molecule has 2 saturated carbocycles. The molecule has 2 aromatic heterocycles. The highest BCUT2D eigenvalue weighted by Crippen LogP contribution is 2.64. The predicted octanol–water partition coefficient (Wildman–Crippen LogP) is -0.234. The van der Waals surface area contributed by atoms with E-state index in [9.17, 15) is 37.4 Å². The first-order valence-corrected chi connectivity index (χ1v) is 10.9. The molecule has 2 aliphatic carbocycles. The summed E-state index contributed by atoms with van der Waals surface area (Å²) in [5.74, 6) is -5.99. The zero-order valence-electron chi connectivity index (χ0n) is 18.4. The largest absolute Gasteiger partial charge is 0.390 e. The van der Waals surface area contributed by atoms with Gasteiger partial charge in [-0.3, -0.25) is 9.13 Å². The molecule has 4 fully saturated rings. The van der Waals surface area contributed by atoms with Crippen molar-refractivity contribution in [3.63, 3.8) is 0 Å². The Morgan fingerprint density at radius 3 is 1.39 bits per heavy atom. The Balaban J connectivity index is 0.000000148. The SMILES string of the molecule is Nc1ccn([C@H]2C[C@H](O)[C@]3(CC3(F)F)O2)c(=O)n1.Nc1ccn([C@H]2C[C@H](O)[C@]3(CC3(F)F)O2)c(=O)n1. The fraction of sp³-hybridized carbons (Fsp3) is 0.600. The zero-order valence-corrected chi connectivity index (χ0v) is 18.4. The third-order valence-corrected chi connectivity index (χ3v) is 6.90. The molecule has 196 valence electrons. The van der Waals surface area contributed by atoms with Crippen LogP contribution in [0.15, 0.2) is 34.1 Å². The Morgan fingerprint density at radius 1 is 0.806 bits per heavy atom. The molecule has 2 spiro atoms. The highest BCUT2D eigenvalue weighted by atomic mass is 19.3. The van der Waals surface area contributed by atoms with E-state index in [1.807, 2.05) is 0 Å². The second kappa shape index (κ2) is 7.71. The lowest BCUT2D eigenvalue weighted by molar-refractivity contribution is -0.0994. The number of anilines is 2. The fourth-order valence-electron chi connectivity index (χ4n) is 4.68. The summed E-state index contributed by atoms with van der Waals surface area (Å²) in [6, 6.07) is 2.74. The van der Waals surface area contributed by atoms with Gasteiger partial charge in [0.1, 0.15) is 24.1 Å². The molecular formula is C20H22F4N6O6. The lowest BCUT2D eigenvalue weighted by Crippen LogP contribution is -2.30. The lowest BCUT2D eigenvalue weighted by atomic mass is 10.1. The summed E-state index contributed by atoms with van der Waals surface area (Å²) in [5.41, 5.74) is 5.61. The zero-order chi connectivity index (χ0) is 26.3. The number of hydrogen-bond acceptors (Lipinski definition) is 10. The number of alkyl halides is 4. The van der Waals surface area contributed by atoms with Crippen LogP contribution in [0.5, 0.6) is 0 Å². The second-order valence-corrected chi connectivity index (χ2v) is 9.27. The lowest BCUT2D eigenvalue weighted by Gasteiger charge is -2.15. The fourth-order valence-corrected chi connectivity index (χ4v) is 4.68. The first-order chi connectivity index (χ1) is 16.7. The molecule has 0 unspecified atom stereocenters. The summed E-state index contributed by atoms with van der Waals surface area (Å²) in [6.07, 6.45) is -2.98. The molecule has 16 heteroatoms. The second-order valence-electron chi connectivity index (χ2n) is 9.27. The molecule has 36 heavy (non-hydrogen) atoms. The van der Waals surface area contributed by atoms with Crippen LogP contribution in [0, 0.1) is 0 Å². The molecule has 0 bridgehead atoms. The van der Waals surface area contributed by atoms with E-state index in [4.69, 9.17) is 20.9 Å². The molecule has 0 amide bonds. The van der Waals surface area contributed by atoms with E-state index in [1.54, 1.807) is 0 Å². The molecule has 6 N–H and O–H groups in total. The Hall–Kier alpha value is -3.08. The van der Waals surface area contributed by atoms with Crippen molar-refractivity contribution in [1.82, 2.24) is 19.1 Å². The summed E-state index contributed by atoms with van der Waals surface area (Å²) in [4.78, 5) is 30.1. The molecule has 6 rings (SSSR count). The molecule has 0 radical (unpaired) electrons. The number of halogens is 4. The van der Waals surface area contributed by atoms with Crippen LogP contribution < -0.4 is 22.8 Å². The Bertz CT molecular complexity index is 1220. The Kier molecular flexibility index (Phi) is 5.27. The van der Waals surface area contributed by atoms with Crippen LogP contribution in [-0.4, -0.2) is 64.6 Å². The number of rotatable bonds is 2. The molecule has 4 aliphatic rings. The number of nitrogens with two attached hydrogens (primary N) is 2. The topological polar surface area (TPSA) is 181 Å². The molecule has 4 heterocycles. The van der Waals surface area contributed by atoms with Crippen molar-refractivity contribution in [2.24, 2.45) is 0 Å². The maximum absolute atomic E-state index is 13.2. The van der Waals surface area contributed by atoms with Gasteiger partial charge in [0.25, 0.3) is 11.8 Å². The van der Waals surface area contributed by atoms with E-state index in [0.29, 0.717) is 0 Å². The van der Waals surface area contributed by atoms with E-state index < -0.39 is 71.9 Å². The van der Waals surface area contributed by atoms with Crippen molar-refractivity contribution in [3.8, 4) is 0 Å². The third kappa shape index (κ3) is 3.66. The Labute approximate surface area is 199 Å². The summed E-state index contributed by atoms with van der Waals surface area (Å²) < 4.78 is 65.2. The Morgan fingerprint density at radius 2 is 1.14 bits per heavy atom. The van der Waals surface area contributed by atoms with Crippen LogP contribution in [0.3, 0.4) is 0 Å². The van der Waals surface area contributed by atoms with Crippen molar-refractivity contribution in [3.05, 3.63) is 45.5 Å². The van der Waals surface area contributed by atoms with E-state index in [-0.39, 0.29) is 24.5 Å². The minimum absolute atomic E-state index is 0.0428. The van der Waals surface area contributed by atoms with E-state index in [1.165, 1.54) is 24.5 Å². The van der Waals surface area contributed by atoms with Crippen LogP contribution in [0.25, 0.3) is 0 Å². The van der Waals surface area contributed by atoms with Crippen LogP contribution in [-0.2, 0) is 9.47 Å². The van der Waals surface area contributed by atoms with Gasteiger partial charge >= 0.3 is 11.4 Å². The third-order valence-electron chi connectivity index (χ3n) is 6.90. The van der Waals surface area contributed by atoms with Gasteiger partial charge in [0.15, 0.2) is 11.2 Å². The number of hydrogen-bond donors (Lipinski definition) is 4. The number of aliphatic hydroxyl groups excluding tert-OH is 2. The summed E-state index contributed by atoms with van der Waals surface area (Å²) in [7, 11) is 0. The minimum atomic E-state index is -3.04. The highest BCUT2D eigenvalue weighted by molar-refractivity contribution is 5.25. The summed E-state index contributed by atoms with van der Waals surface area (Å²) >= 11 is 0. The van der Waals surface area contributed by atoms with Gasteiger partial charge in [0.2, 0.25) is 0 Å². The van der Waals surface area contributed by atoms with Crippen molar-refractivity contribution in [1.29, 1.82) is 0 Å². The van der Waals surface area contributed by atoms with Gasteiger partial charge in [0, 0.05) is 25.2 Å². The molecule has 0 aromatic carbocycles. The van der Waals surface area contributed by atoms with Crippen molar-refractivity contribution < 1.29 is 37.2 Å². The predicted molar refractivity (Wildman–Crippen MR) is 112 cm³/mol. The number of nitrogens with zero attached hydrogens (tertiary/aromatic N) is 4. The normalized spacial score (nSPS) is 37.1. The van der Waals surface area contributed by atoms with Gasteiger partial charge in [0.05, 0.1) is 25.0 Å². The van der Waals surface area contributed by atoms with Crippen molar-refractivity contribution in [2.75, 3.05) is 11.5 Å². The van der Waals surface area contributed by atoms with Gasteiger partial charge in [-0.1, -0.05) is 0 Å². The van der Waals surface area contributed by atoms with Gasteiger partial charge in [-0.05, 0) is 12.1 Å². The standard InChI is InChI=1S/2C10H11F2N3O3/c2*11-10(12)4-9(10)5(16)3-7(18-9)15-2-1-6(13)14-8(15)17/h2*1-2,5,7,16H,3-4H2,(H2,13,14,17)/t2*5-,7+,9-/m00/s1.